The summed E-state index contributed by atoms with van der Waals surface area (Å²) in [5.41, 5.74) is 1.00. The first-order valence-electron chi connectivity index (χ1n) is 11.6. The highest BCUT2D eigenvalue weighted by atomic mass is 16.6. The average Bonchev–Trinajstić information content (AvgIpc) is 3.08. The number of ether oxygens (including phenoxy) is 2. The topological polar surface area (TPSA) is 100 Å². The first kappa shape index (κ1) is 22.1. The van der Waals surface area contributed by atoms with Crippen molar-refractivity contribution in [3.05, 3.63) is 48.0 Å². The monoisotopic (exact) mass is 464 g/mol. The van der Waals surface area contributed by atoms with E-state index in [-0.39, 0.29) is 6.54 Å². The van der Waals surface area contributed by atoms with Crippen molar-refractivity contribution in [1.29, 1.82) is 0 Å². The molecule has 3 heterocycles. The molecule has 2 aromatic rings. The molecule has 34 heavy (non-hydrogen) atoms. The molecular formula is C25H28N4O5. The van der Waals surface area contributed by atoms with Gasteiger partial charge in [-0.05, 0) is 68.1 Å². The minimum Gasteiger partial charge on any atom is -0.486 e. The highest BCUT2D eigenvalue weighted by Crippen LogP contribution is 2.36. The Balaban J connectivity index is 1.24. The predicted molar refractivity (Wildman–Crippen MR) is 126 cm³/mol. The zero-order chi connectivity index (χ0) is 23.7. The molecule has 9 nitrogen and oxygen atoms in total. The molecule has 0 bridgehead atoms. The molecule has 0 spiro atoms. The second-order valence-electron chi connectivity index (χ2n) is 8.95. The van der Waals surface area contributed by atoms with Crippen LogP contribution >= 0.6 is 0 Å². The number of carbonyl (C=O) groups excluding carboxylic acids is 3. The second kappa shape index (κ2) is 8.89. The molecule has 178 valence electrons. The lowest BCUT2D eigenvalue weighted by Crippen LogP contribution is -2.42. The number of anilines is 2. The van der Waals surface area contributed by atoms with E-state index in [1.54, 1.807) is 25.1 Å². The third-order valence-electron chi connectivity index (χ3n) is 6.57. The van der Waals surface area contributed by atoms with E-state index in [9.17, 15) is 14.4 Å². The van der Waals surface area contributed by atoms with Gasteiger partial charge in [0, 0.05) is 24.5 Å². The van der Waals surface area contributed by atoms with Crippen molar-refractivity contribution in [2.45, 2.75) is 31.7 Å². The van der Waals surface area contributed by atoms with E-state index in [2.05, 4.69) is 15.5 Å². The standard InChI is InChI=1S/C25H28N4O5/c1-25(17-5-10-20-21(15-17)34-14-13-33-20)23(31)29(24(32)27-25)16-22(30)26-18-6-8-19(9-7-18)28-11-3-2-4-12-28/h5-10,15H,2-4,11-14,16H2,1H3,(H,26,30)(H,27,32)/t25-/m1/s1. The Bertz CT molecular complexity index is 1110. The molecule has 3 aliphatic rings. The maximum absolute atomic E-state index is 13.2. The van der Waals surface area contributed by atoms with Crippen LogP contribution in [0.3, 0.4) is 0 Å². The third kappa shape index (κ3) is 4.13. The minimum atomic E-state index is -1.30. The molecule has 5 rings (SSSR count). The Morgan fingerprint density at radius 2 is 1.71 bits per heavy atom. The SMILES string of the molecule is C[C@]1(c2ccc3c(c2)OCCO3)NC(=O)N(CC(=O)Nc2ccc(N3CCCCC3)cc2)C1=O. The van der Waals surface area contributed by atoms with Crippen molar-refractivity contribution in [3.8, 4) is 11.5 Å². The molecule has 4 amide bonds. The van der Waals surface area contributed by atoms with E-state index in [1.165, 1.54) is 19.3 Å². The molecule has 2 fully saturated rings. The Morgan fingerprint density at radius 3 is 2.44 bits per heavy atom. The number of fused-ring (bicyclic) bond motifs is 1. The molecule has 2 aromatic carbocycles. The summed E-state index contributed by atoms with van der Waals surface area (Å²) in [7, 11) is 0. The van der Waals surface area contributed by atoms with Crippen molar-refractivity contribution >= 4 is 29.2 Å². The van der Waals surface area contributed by atoms with Gasteiger partial charge in [0.1, 0.15) is 25.3 Å². The Hall–Kier alpha value is -3.75. The van der Waals surface area contributed by atoms with Crippen LogP contribution < -0.4 is 25.0 Å². The molecule has 0 radical (unpaired) electrons. The summed E-state index contributed by atoms with van der Waals surface area (Å²) in [5.74, 6) is 0.180. The van der Waals surface area contributed by atoms with Gasteiger partial charge in [-0.1, -0.05) is 6.07 Å². The summed E-state index contributed by atoms with van der Waals surface area (Å²) in [5, 5.41) is 5.50. The summed E-state index contributed by atoms with van der Waals surface area (Å²) < 4.78 is 11.1. The van der Waals surface area contributed by atoms with E-state index in [1.807, 2.05) is 24.3 Å². The maximum atomic E-state index is 13.2. The van der Waals surface area contributed by atoms with Gasteiger partial charge in [0.05, 0.1) is 0 Å². The van der Waals surface area contributed by atoms with E-state index in [0.29, 0.717) is 36.0 Å². The average molecular weight is 465 g/mol. The lowest BCUT2D eigenvalue weighted by atomic mass is 9.91. The van der Waals surface area contributed by atoms with Crippen molar-refractivity contribution in [1.82, 2.24) is 10.2 Å². The normalized spacial score (nSPS) is 21.9. The first-order valence-corrected chi connectivity index (χ1v) is 11.6. The number of amides is 4. The molecule has 0 saturated carbocycles. The molecule has 2 saturated heterocycles. The smallest absolute Gasteiger partial charge is 0.325 e. The molecule has 9 heteroatoms. The number of imide groups is 1. The van der Waals surface area contributed by atoms with Crippen molar-refractivity contribution in [2.75, 3.05) is 43.1 Å². The van der Waals surface area contributed by atoms with Gasteiger partial charge in [0.15, 0.2) is 11.5 Å². The van der Waals surface area contributed by atoms with E-state index < -0.39 is 23.4 Å². The number of urea groups is 1. The maximum Gasteiger partial charge on any atom is 0.325 e. The van der Waals surface area contributed by atoms with Crippen LogP contribution in [0.1, 0.15) is 31.7 Å². The summed E-state index contributed by atoms with van der Waals surface area (Å²) in [6.45, 7) is 4.20. The number of nitrogens with one attached hydrogen (secondary N) is 2. The number of hydrogen-bond donors (Lipinski definition) is 2. The highest BCUT2D eigenvalue weighted by molar-refractivity contribution is 6.10. The predicted octanol–water partition coefficient (Wildman–Crippen LogP) is 2.85. The van der Waals surface area contributed by atoms with Crippen LogP contribution in [0.4, 0.5) is 16.2 Å². The summed E-state index contributed by atoms with van der Waals surface area (Å²) >= 11 is 0. The lowest BCUT2D eigenvalue weighted by Gasteiger charge is -2.28. The van der Waals surface area contributed by atoms with Crippen molar-refractivity contribution in [2.24, 2.45) is 0 Å². The van der Waals surface area contributed by atoms with Crippen LogP contribution in [0.2, 0.25) is 0 Å². The number of carbonyl (C=O) groups is 3. The highest BCUT2D eigenvalue weighted by Gasteiger charge is 2.49. The minimum absolute atomic E-state index is 0.376. The molecule has 0 unspecified atom stereocenters. The fourth-order valence-electron chi connectivity index (χ4n) is 4.64. The molecular weight excluding hydrogens is 436 g/mol. The Morgan fingerprint density at radius 1 is 1.00 bits per heavy atom. The Kier molecular flexibility index (Phi) is 5.77. The second-order valence-corrected chi connectivity index (χ2v) is 8.95. The van der Waals surface area contributed by atoms with Crippen molar-refractivity contribution in [3.63, 3.8) is 0 Å². The van der Waals surface area contributed by atoms with E-state index in [4.69, 9.17) is 9.47 Å². The number of nitrogens with zero attached hydrogens (tertiary/aromatic N) is 2. The van der Waals surface area contributed by atoms with E-state index in [0.717, 1.165) is 23.7 Å². The van der Waals surface area contributed by atoms with Gasteiger partial charge in [0.25, 0.3) is 5.91 Å². The summed E-state index contributed by atoms with van der Waals surface area (Å²) in [4.78, 5) is 41.7. The van der Waals surface area contributed by atoms with E-state index >= 15 is 0 Å². The van der Waals surface area contributed by atoms with Gasteiger partial charge in [-0.15, -0.1) is 0 Å². The quantitative estimate of drug-likeness (QED) is 0.660. The van der Waals surface area contributed by atoms with Crippen LogP contribution in [-0.4, -0.2) is 55.6 Å². The molecule has 2 N–H and O–H groups in total. The zero-order valence-electron chi connectivity index (χ0n) is 19.1. The first-order chi connectivity index (χ1) is 16.4. The molecule has 0 aromatic heterocycles. The van der Waals surface area contributed by atoms with Crippen LogP contribution in [-0.2, 0) is 15.1 Å². The van der Waals surface area contributed by atoms with Gasteiger partial charge in [-0.3, -0.25) is 14.5 Å². The van der Waals surface area contributed by atoms with Gasteiger partial charge in [-0.25, -0.2) is 4.79 Å². The summed E-state index contributed by atoms with van der Waals surface area (Å²) in [6, 6.07) is 12.2. The third-order valence-corrected chi connectivity index (χ3v) is 6.57. The van der Waals surface area contributed by atoms with Gasteiger partial charge in [-0.2, -0.15) is 0 Å². The molecule has 1 atom stereocenters. The fraction of sp³-hybridized carbons (Fsp3) is 0.400. The van der Waals surface area contributed by atoms with Gasteiger partial charge in [0.2, 0.25) is 5.91 Å². The number of piperidine rings is 1. The number of hydrogen-bond acceptors (Lipinski definition) is 6. The van der Waals surface area contributed by atoms with Crippen LogP contribution in [0.15, 0.2) is 42.5 Å². The van der Waals surface area contributed by atoms with Crippen LogP contribution in [0, 0.1) is 0 Å². The zero-order valence-corrected chi connectivity index (χ0v) is 19.1. The van der Waals surface area contributed by atoms with Crippen molar-refractivity contribution < 1.29 is 23.9 Å². The largest absolute Gasteiger partial charge is 0.486 e. The molecule has 0 aliphatic carbocycles. The number of rotatable bonds is 5. The molecule has 3 aliphatic heterocycles. The number of benzene rings is 2. The Labute approximate surface area is 198 Å². The van der Waals surface area contributed by atoms with Crippen LogP contribution in [0.25, 0.3) is 0 Å². The summed E-state index contributed by atoms with van der Waals surface area (Å²) in [6.07, 6.45) is 3.65. The van der Waals surface area contributed by atoms with Gasteiger partial charge < -0.3 is 25.0 Å². The fourth-order valence-corrected chi connectivity index (χ4v) is 4.64. The van der Waals surface area contributed by atoms with Gasteiger partial charge >= 0.3 is 6.03 Å². The lowest BCUT2D eigenvalue weighted by molar-refractivity contribution is -0.133. The van der Waals surface area contributed by atoms with Crippen LogP contribution in [0.5, 0.6) is 11.5 Å².